The van der Waals surface area contributed by atoms with Crippen LogP contribution in [0.3, 0.4) is 0 Å². The van der Waals surface area contributed by atoms with Crippen LogP contribution in [0.5, 0.6) is 0 Å². The Bertz CT molecular complexity index is 734. The van der Waals surface area contributed by atoms with E-state index in [0.29, 0.717) is 11.3 Å². The number of nitro benzene ring substituents is 1. The smallest absolute Gasteiger partial charge is 0.287 e. The predicted molar refractivity (Wildman–Crippen MR) is 77.2 cm³/mol. The zero-order chi connectivity index (χ0) is 15.6. The Morgan fingerprint density at radius 1 is 1.29 bits per heavy atom. The van der Waals surface area contributed by atoms with Gasteiger partial charge in [-0.25, -0.2) is 4.39 Å². The van der Waals surface area contributed by atoms with E-state index in [-0.39, 0.29) is 16.3 Å². The third-order valence-electron chi connectivity index (χ3n) is 2.84. The maximum absolute atomic E-state index is 13.0. The van der Waals surface area contributed by atoms with E-state index in [9.17, 15) is 19.3 Å². The van der Waals surface area contributed by atoms with Crippen molar-refractivity contribution in [2.24, 2.45) is 0 Å². The Morgan fingerprint density at radius 3 is 2.57 bits per heavy atom. The standard InChI is InChI=1S/C14H10ClFN2O3/c1-8-6-10(16)3-4-12(8)17-14(19)9-2-5-13(18(20)21)11(15)7-9/h2-7H,1H3,(H,17,19). The van der Waals surface area contributed by atoms with E-state index in [1.54, 1.807) is 6.92 Å². The molecule has 0 aliphatic heterocycles. The summed E-state index contributed by atoms with van der Waals surface area (Å²) in [6.07, 6.45) is 0. The molecule has 0 spiro atoms. The van der Waals surface area contributed by atoms with Crippen LogP contribution < -0.4 is 5.32 Å². The highest BCUT2D eigenvalue weighted by Crippen LogP contribution is 2.25. The lowest BCUT2D eigenvalue weighted by molar-refractivity contribution is -0.384. The first-order valence-electron chi connectivity index (χ1n) is 5.90. The van der Waals surface area contributed by atoms with Crippen LogP contribution in [-0.4, -0.2) is 10.8 Å². The maximum atomic E-state index is 13.0. The van der Waals surface area contributed by atoms with E-state index in [4.69, 9.17) is 11.6 Å². The van der Waals surface area contributed by atoms with Gasteiger partial charge >= 0.3 is 0 Å². The van der Waals surface area contributed by atoms with Crippen LogP contribution >= 0.6 is 11.6 Å². The van der Waals surface area contributed by atoms with Gasteiger partial charge in [0.25, 0.3) is 11.6 Å². The van der Waals surface area contributed by atoms with Gasteiger partial charge < -0.3 is 5.32 Å². The summed E-state index contributed by atoms with van der Waals surface area (Å²) in [5, 5.41) is 13.1. The Labute approximate surface area is 124 Å². The number of hydrogen-bond donors (Lipinski definition) is 1. The zero-order valence-corrected chi connectivity index (χ0v) is 11.6. The van der Waals surface area contributed by atoms with Crippen molar-refractivity contribution in [1.29, 1.82) is 0 Å². The minimum atomic E-state index is -0.631. The fourth-order valence-electron chi connectivity index (χ4n) is 1.76. The number of nitro groups is 1. The average molecular weight is 309 g/mol. The van der Waals surface area contributed by atoms with E-state index in [2.05, 4.69) is 5.32 Å². The summed E-state index contributed by atoms with van der Waals surface area (Å²) in [6.45, 7) is 1.65. The molecule has 0 fully saturated rings. The molecule has 108 valence electrons. The first-order chi connectivity index (χ1) is 9.88. The summed E-state index contributed by atoms with van der Waals surface area (Å²) < 4.78 is 13.0. The van der Waals surface area contributed by atoms with Crippen LogP contribution in [0, 0.1) is 22.9 Å². The number of nitrogens with one attached hydrogen (secondary N) is 1. The molecule has 1 amide bonds. The van der Waals surface area contributed by atoms with E-state index >= 15 is 0 Å². The largest absolute Gasteiger partial charge is 0.322 e. The molecule has 0 aliphatic carbocycles. The fraction of sp³-hybridized carbons (Fsp3) is 0.0714. The monoisotopic (exact) mass is 308 g/mol. The highest BCUT2D eigenvalue weighted by molar-refractivity contribution is 6.33. The van der Waals surface area contributed by atoms with Crippen molar-refractivity contribution in [3.8, 4) is 0 Å². The third-order valence-corrected chi connectivity index (χ3v) is 3.15. The zero-order valence-electron chi connectivity index (χ0n) is 10.9. The van der Waals surface area contributed by atoms with Crippen LogP contribution in [0.2, 0.25) is 5.02 Å². The average Bonchev–Trinajstić information content (AvgIpc) is 2.41. The van der Waals surface area contributed by atoms with E-state index in [1.165, 1.54) is 30.3 Å². The van der Waals surface area contributed by atoms with E-state index in [0.717, 1.165) is 6.07 Å². The van der Waals surface area contributed by atoms with Crippen molar-refractivity contribution in [1.82, 2.24) is 0 Å². The molecule has 1 N–H and O–H groups in total. The Kier molecular flexibility index (Phi) is 4.18. The van der Waals surface area contributed by atoms with Crippen LogP contribution in [0.15, 0.2) is 36.4 Å². The second-order valence-corrected chi connectivity index (χ2v) is 4.74. The number of nitrogens with zero attached hydrogens (tertiary/aromatic N) is 1. The van der Waals surface area contributed by atoms with Crippen molar-refractivity contribution in [3.63, 3.8) is 0 Å². The van der Waals surface area contributed by atoms with Crippen LogP contribution in [-0.2, 0) is 0 Å². The number of amides is 1. The molecule has 0 aliphatic rings. The van der Waals surface area contributed by atoms with Crippen molar-refractivity contribution in [2.45, 2.75) is 6.92 Å². The number of carbonyl (C=O) groups is 1. The Hall–Kier alpha value is -2.47. The molecule has 2 aromatic carbocycles. The molecule has 0 saturated heterocycles. The predicted octanol–water partition coefficient (Wildman–Crippen LogP) is 3.95. The lowest BCUT2D eigenvalue weighted by atomic mass is 10.1. The van der Waals surface area contributed by atoms with Gasteiger partial charge in [-0.05, 0) is 42.8 Å². The van der Waals surface area contributed by atoms with Gasteiger partial charge in [0, 0.05) is 17.3 Å². The molecule has 0 heterocycles. The molecular weight excluding hydrogens is 299 g/mol. The third kappa shape index (κ3) is 3.35. The van der Waals surface area contributed by atoms with Crippen molar-refractivity contribution in [3.05, 3.63) is 68.5 Å². The number of hydrogen-bond acceptors (Lipinski definition) is 3. The van der Waals surface area contributed by atoms with Crippen LogP contribution in [0.1, 0.15) is 15.9 Å². The normalized spacial score (nSPS) is 10.2. The Morgan fingerprint density at radius 2 is 2.00 bits per heavy atom. The minimum absolute atomic E-state index is 0.122. The summed E-state index contributed by atoms with van der Waals surface area (Å²) in [5.41, 5.74) is 0.924. The number of rotatable bonds is 3. The lowest BCUT2D eigenvalue weighted by Crippen LogP contribution is -2.13. The molecule has 0 radical (unpaired) electrons. The minimum Gasteiger partial charge on any atom is -0.322 e. The SMILES string of the molecule is Cc1cc(F)ccc1NC(=O)c1ccc([N+](=O)[O-])c(Cl)c1. The van der Waals surface area contributed by atoms with Crippen molar-refractivity contribution < 1.29 is 14.1 Å². The molecule has 2 rings (SSSR count). The van der Waals surface area contributed by atoms with Crippen molar-refractivity contribution in [2.75, 3.05) is 5.32 Å². The molecule has 5 nitrogen and oxygen atoms in total. The van der Waals surface area contributed by atoms with Gasteiger partial charge in [-0.3, -0.25) is 14.9 Å². The van der Waals surface area contributed by atoms with Gasteiger partial charge in [0.05, 0.1) is 4.92 Å². The number of halogens is 2. The highest BCUT2D eigenvalue weighted by Gasteiger charge is 2.15. The summed E-state index contributed by atoms with van der Waals surface area (Å²) in [6, 6.07) is 7.64. The van der Waals surface area contributed by atoms with Crippen LogP contribution in [0.25, 0.3) is 0 Å². The summed E-state index contributed by atoms with van der Waals surface area (Å²) >= 11 is 5.75. The summed E-state index contributed by atoms with van der Waals surface area (Å²) in [5.74, 6) is -0.884. The Balaban J connectivity index is 2.24. The first kappa shape index (κ1) is 14.9. The van der Waals surface area contributed by atoms with Gasteiger partial charge in [0.2, 0.25) is 0 Å². The molecule has 0 bridgehead atoms. The van der Waals surface area contributed by atoms with Gasteiger partial charge in [-0.2, -0.15) is 0 Å². The van der Waals surface area contributed by atoms with Gasteiger partial charge in [-0.15, -0.1) is 0 Å². The quantitative estimate of drug-likeness (QED) is 0.689. The van der Waals surface area contributed by atoms with E-state index < -0.39 is 16.6 Å². The van der Waals surface area contributed by atoms with Gasteiger partial charge in [0.1, 0.15) is 10.8 Å². The highest BCUT2D eigenvalue weighted by atomic mass is 35.5. The molecule has 2 aromatic rings. The van der Waals surface area contributed by atoms with Crippen LogP contribution in [0.4, 0.5) is 15.8 Å². The molecule has 0 atom stereocenters. The number of aryl methyl sites for hydroxylation is 1. The number of anilines is 1. The fourth-order valence-corrected chi connectivity index (χ4v) is 2.01. The van der Waals surface area contributed by atoms with Crippen molar-refractivity contribution >= 4 is 28.9 Å². The number of benzene rings is 2. The van der Waals surface area contributed by atoms with Gasteiger partial charge in [0.15, 0.2) is 0 Å². The molecule has 21 heavy (non-hydrogen) atoms. The lowest BCUT2D eigenvalue weighted by Gasteiger charge is -2.08. The first-order valence-corrected chi connectivity index (χ1v) is 6.27. The molecule has 0 aromatic heterocycles. The molecular formula is C14H10ClFN2O3. The topological polar surface area (TPSA) is 72.2 Å². The molecule has 0 saturated carbocycles. The van der Waals surface area contributed by atoms with Gasteiger partial charge in [-0.1, -0.05) is 11.6 Å². The number of carbonyl (C=O) groups excluding carboxylic acids is 1. The molecule has 7 heteroatoms. The maximum Gasteiger partial charge on any atom is 0.287 e. The summed E-state index contributed by atoms with van der Waals surface area (Å²) in [7, 11) is 0. The second kappa shape index (κ2) is 5.88. The second-order valence-electron chi connectivity index (χ2n) is 4.34. The van der Waals surface area contributed by atoms with E-state index in [1.807, 2.05) is 0 Å². The molecule has 0 unspecified atom stereocenters. The summed E-state index contributed by atoms with van der Waals surface area (Å²) in [4.78, 5) is 22.1.